The standard InChI is InChI=1S/C23H31ClN2O4S/c1-7-9-12-26-23(30-31(28,29)13-8-2)19(14-25-26)22(27)18-10-11-20(24)21(17(18)6)16(5)15(3)4/h10-11,14H,7-9,12-13H2,1-6H3. The van der Waals surface area contributed by atoms with Crippen LogP contribution < -0.4 is 4.18 Å². The first-order valence-electron chi connectivity index (χ1n) is 10.5. The van der Waals surface area contributed by atoms with E-state index in [-0.39, 0.29) is 23.0 Å². The third-order valence-corrected chi connectivity index (χ3v) is 6.84. The van der Waals surface area contributed by atoms with Crippen molar-refractivity contribution in [2.75, 3.05) is 5.75 Å². The van der Waals surface area contributed by atoms with Gasteiger partial charge < -0.3 is 4.18 Å². The first-order chi connectivity index (χ1) is 14.5. The third-order valence-electron chi connectivity index (χ3n) is 5.20. The Morgan fingerprint density at radius 3 is 2.39 bits per heavy atom. The van der Waals surface area contributed by atoms with Gasteiger partial charge in [0.1, 0.15) is 5.56 Å². The lowest BCUT2D eigenvalue weighted by atomic mass is 9.92. The van der Waals surface area contributed by atoms with Gasteiger partial charge in [0.2, 0.25) is 5.88 Å². The van der Waals surface area contributed by atoms with E-state index in [0.717, 1.165) is 35.1 Å². The van der Waals surface area contributed by atoms with E-state index >= 15 is 0 Å². The highest BCUT2D eigenvalue weighted by atomic mass is 35.5. The van der Waals surface area contributed by atoms with Gasteiger partial charge in [-0.05, 0) is 69.4 Å². The van der Waals surface area contributed by atoms with Gasteiger partial charge >= 0.3 is 10.1 Å². The molecule has 6 nitrogen and oxygen atoms in total. The van der Waals surface area contributed by atoms with Crippen LogP contribution in [0.2, 0.25) is 5.02 Å². The average molecular weight is 467 g/mol. The normalized spacial score (nSPS) is 11.5. The van der Waals surface area contributed by atoms with E-state index in [1.807, 2.05) is 34.6 Å². The Morgan fingerprint density at radius 2 is 1.81 bits per heavy atom. The summed E-state index contributed by atoms with van der Waals surface area (Å²) in [7, 11) is -3.83. The fourth-order valence-corrected chi connectivity index (χ4v) is 4.62. The molecule has 0 unspecified atom stereocenters. The summed E-state index contributed by atoms with van der Waals surface area (Å²) in [6.07, 6.45) is 3.47. The summed E-state index contributed by atoms with van der Waals surface area (Å²) in [6.45, 7) is 12.0. The maximum Gasteiger partial charge on any atom is 0.310 e. The van der Waals surface area contributed by atoms with Gasteiger partial charge in [-0.15, -0.1) is 0 Å². The molecular weight excluding hydrogens is 436 g/mol. The number of hydrogen-bond donors (Lipinski definition) is 0. The predicted octanol–water partition coefficient (Wildman–Crippen LogP) is 5.81. The minimum Gasteiger partial charge on any atom is -0.361 e. The van der Waals surface area contributed by atoms with E-state index in [0.29, 0.717) is 23.6 Å². The molecule has 0 aliphatic rings. The molecular formula is C23H31ClN2O4S. The molecule has 0 bridgehead atoms. The number of halogens is 1. The Bertz CT molecular complexity index is 1100. The smallest absolute Gasteiger partial charge is 0.310 e. The maximum absolute atomic E-state index is 13.5. The monoisotopic (exact) mass is 466 g/mol. The van der Waals surface area contributed by atoms with E-state index in [1.165, 1.54) is 10.9 Å². The largest absolute Gasteiger partial charge is 0.361 e. The number of nitrogens with zero attached hydrogens (tertiary/aromatic N) is 2. The molecule has 2 aromatic rings. The predicted molar refractivity (Wildman–Crippen MR) is 125 cm³/mol. The molecule has 1 aromatic heterocycles. The summed E-state index contributed by atoms with van der Waals surface area (Å²) < 4.78 is 31.6. The molecule has 0 aliphatic carbocycles. The second-order valence-corrected chi connectivity index (χ2v) is 9.93. The Balaban J connectivity index is 2.61. The van der Waals surface area contributed by atoms with Gasteiger partial charge in [-0.1, -0.05) is 37.4 Å². The number of ketones is 1. The first kappa shape index (κ1) is 25.1. The van der Waals surface area contributed by atoms with Gasteiger partial charge in [-0.25, -0.2) is 4.68 Å². The highest BCUT2D eigenvalue weighted by molar-refractivity contribution is 7.87. The SMILES string of the molecule is CCCCn1ncc(C(=O)c2ccc(Cl)c(C(C)=C(C)C)c2C)c1OS(=O)(=O)CCC. The van der Waals surface area contributed by atoms with Crippen molar-refractivity contribution in [1.82, 2.24) is 9.78 Å². The van der Waals surface area contributed by atoms with E-state index in [1.54, 1.807) is 19.1 Å². The molecule has 0 saturated carbocycles. The van der Waals surface area contributed by atoms with Crippen molar-refractivity contribution >= 4 is 33.1 Å². The Hall–Kier alpha value is -2.12. The van der Waals surface area contributed by atoms with Crippen molar-refractivity contribution in [3.63, 3.8) is 0 Å². The second-order valence-electron chi connectivity index (χ2n) is 7.83. The molecule has 170 valence electrons. The number of aromatic nitrogens is 2. The third kappa shape index (κ3) is 5.77. The number of aryl methyl sites for hydroxylation is 1. The van der Waals surface area contributed by atoms with E-state index in [4.69, 9.17) is 15.8 Å². The molecule has 0 radical (unpaired) electrons. The molecule has 0 aliphatic heterocycles. The van der Waals surface area contributed by atoms with Crippen molar-refractivity contribution in [2.24, 2.45) is 0 Å². The number of allylic oxidation sites excluding steroid dienone is 2. The van der Waals surface area contributed by atoms with Crippen LogP contribution in [0.3, 0.4) is 0 Å². The van der Waals surface area contributed by atoms with Crippen molar-refractivity contribution < 1.29 is 17.4 Å². The van der Waals surface area contributed by atoms with Gasteiger partial charge in [0.25, 0.3) is 0 Å². The Morgan fingerprint density at radius 1 is 1.13 bits per heavy atom. The van der Waals surface area contributed by atoms with Gasteiger partial charge in [0.15, 0.2) is 5.78 Å². The van der Waals surface area contributed by atoms with Gasteiger partial charge in [0, 0.05) is 17.1 Å². The summed E-state index contributed by atoms with van der Waals surface area (Å²) >= 11 is 6.44. The molecule has 0 N–H and O–H groups in total. The summed E-state index contributed by atoms with van der Waals surface area (Å²) in [5.74, 6) is -0.508. The van der Waals surface area contributed by atoms with Crippen molar-refractivity contribution in [3.05, 3.63) is 51.2 Å². The van der Waals surface area contributed by atoms with E-state index in [2.05, 4.69) is 5.10 Å². The maximum atomic E-state index is 13.5. The van der Waals surface area contributed by atoms with Gasteiger partial charge in [-0.2, -0.15) is 13.5 Å². The quantitative estimate of drug-likeness (QED) is 0.326. The molecule has 0 fully saturated rings. The molecule has 0 atom stereocenters. The van der Waals surface area contributed by atoms with Crippen molar-refractivity contribution in [3.8, 4) is 5.88 Å². The highest BCUT2D eigenvalue weighted by Gasteiger charge is 2.26. The number of rotatable bonds is 10. The number of benzene rings is 1. The van der Waals surface area contributed by atoms with Gasteiger partial charge in [0.05, 0.1) is 11.9 Å². The van der Waals surface area contributed by atoms with Crippen LogP contribution in [0.15, 0.2) is 23.9 Å². The van der Waals surface area contributed by atoms with Crippen LogP contribution in [0.25, 0.3) is 5.57 Å². The van der Waals surface area contributed by atoms with Crippen molar-refractivity contribution in [2.45, 2.75) is 67.3 Å². The Labute approximate surface area is 190 Å². The number of unbranched alkanes of at least 4 members (excludes halogenated alkanes) is 1. The molecule has 2 rings (SSSR count). The summed E-state index contributed by atoms with van der Waals surface area (Å²) in [6, 6.07) is 3.36. The first-order valence-corrected chi connectivity index (χ1v) is 12.5. The number of carbonyl (C=O) groups excluding carboxylic acids is 1. The second kappa shape index (κ2) is 10.5. The van der Waals surface area contributed by atoms with E-state index < -0.39 is 10.1 Å². The number of hydrogen-bond acceptors (Lipinski definition) is 5. The lowest BCUT2D eigenvalue weighted by molar-refractivity contribution is 0.103. The van der Waals surface area contributed by atoms with Crippen LogP contribution in [0.4, 0.5) is 0 Å². The van der Waals surface area contributed by atoms with Crippen LogP contribution in [0.1, 0.15) is 80.9 Å². The summed E-state index contributed by atoms with van der Waals surface area (Å²) in [5, 5.41) is 4.81. The van der Waals surface area contributed by atoms with Gasteiger partial charge in [-0.3, -0.25) is 4.79 Å². The topological polar surface area (TPSA) is 78.3 Å². The van der Waals surface area contributed by atoms with Crippen LogP contribution in [0, 0.1) is 6.92 Å². The van der Waals surface area contributed by atoms with Crippen LogP contribution in [-0.4, -0.2) is 29.7 Å². The molecule has 8 heteroatoms. The minimum absolute atomic E-state index is 0.0262. The molecule has 1 aromatic carbocycles. The lowest BCUT2D eigenvalue weighted by Crippen LogP contribution is -2.18. The summed E-state index contributed by atoms with van der Waals surface area (Å²) in [4.78, 5) is 13.5. The number of carbonyl (C=O) groups is 1. The fraction of sp³-hybridized carbons (Fsp3) is 0.478. The van der Waals surface area contributed by atoms with Crippen LogP contribution in [0.5, 0.6) is 5.88 Å². The average Bonchev–Trinajstić information content (AvgIpc) is 3.07. The zero-order valence-electron chi connectivity index (χ0n) is 19.1. The summed E-state index contributed by atoms with van der Waals surface area (Å²) in [5.41, 5.74) is 4.20. The molecule has 0 saturated heterocycles. The Kier molecular flexibility index (Phi) is 8.49. The molecule has 31 heavy (non-hydrogen) atoms. The molecule has 0 spiro atoms. The minimum atomic E-state index is -3.83. The lowest BCUT2D eigenvalue weighted by Gasteiger charge is -2.15. The van der Waals surface area contributed by atoms with Crippen LogP contribution in [-0.2, 0) is 16.7 Å². The molecule has 1 heterocycles. The molecule has 0 amide bonds. The zero-order chi connectivity index (χ0) is 23.3. The van der Waals surface area contributed by atoms with Crippen LogP contribution >= 0.6 is 11.6 Å². The zero-order valence-corrected chi connectivity index (χ0v) is 20.7. The fourth-order valence-electron chi connectivity index (χ4n) is 3.28. The van der Waals surface area contributed by atoms with Crippen molar-refractivity contribution in [1.29, 1.82) is 0 Å². The van der Waals surface area contributed by atoms with E-state index in [9.17, 15) is 13.2 Å². The highest BCUT2D eigenvalue weighted by Crippen LogP contribution is 2.33.